The van der Waals surface area contributed by atoms with Crippen LogP contribution in [0.4, 0.5) is 0 Å². The number of aryl methyl sites for hydroxylation is 3. The Morgan fingerprint density at radius 1 is 1.40 bits per heavy atom. The van der Waals surface area contributed by atoms with Crippen molar-refractivity contribution in [3.63, 3.8) is 0 Å². The van der Waals surface area contributed by atoms with Crippen LogP contribution in [-0.2, 0) is 24.7 Å². The van der Waals surface area contributed by atoms with E-state index in [0.717, 1.165) is 30.7 Å². The number of nitrogens with zero attached hydrogens (tertiary/aromatic N) is 2. The normalized spacial score (nSPS) is 17.8. The van der Waals surface area contributed by atoms with E-state index in [2.05, 4.69) is 23.3 Å². The quantitative estimate of drug-likeness (QED) is 0.857. The molecule has 3 rings (SSSR count). The van der Waals surface area contributed by atoms with Crippen LogP contribution in [0.5, 0.6) is 0 Å². The highest BCUT2D eigenvalue weighted by molar-refractivity contribution is 5.88. The lowest BCUT2D eigenvalue weighted by Gasteiger charge is -2.24. The molecule has 104 valence electrons. The number of ketones is 1. The van der Waals surface area contributed by atoms with Crippen molar-refractivity contribution in [1.29, 1.82) is 0 Å². The maximum Gasteiger partial charge on any atom is 0.146 e. The largest absolute Gasteiger partial charge is 0.299 e. The molecule has 1 heterocycles. The number of carbonyl (C=O) groups excluding carboxylic acids is 1. The maximum absolute atomic E-state index is 12.7. The van der Waals surface area contributed by atoms with Gasteiger partial charge in [0, 0.05) is 25.1 Å². The Morgan fingerprint density at radius 3 is 2.95 bits per heavy atom. The van der Waals surface area contributed by atoms with Gasteiger partial charge in [-0.25, -0.2) is 0 Å². The van der Waals surface area contributed by atoms with Crippen molar-refractivity contribution in [3.05, 3.63) is 52.8 Å². The molecule has 0 amide bonds. The topological polar surface area (TPSA) is 34.9 Å². The first-order valence-corrected chi connectivity index (χ1v) is 7.25. The number of fused-ring (bicyclic) bond motifs is 1. The van der Waals surface area contributed by atoms with E-state index in [9.17, 15) is 4.79 Å². The molecule has 3 nitrogen and oxygen atoms in total. The minimum Gasteiger partial charge on any atom is -0.299 e. The zero-order valence-electron chi connectivity index (χ0n) is 12.1. The number of aromatic nitrogens is 2. The fraction of sp³-hybridized carbons (Fsp3) is 0.412. The molecular weight excluding hydrogens is 248 g/mol. The summed E-state index contributed by atoms with van der Waals surface area (Å²) in [7, 11) is 1.91. The number of rotatable bonds is 3. The molecule has 0 radical (unpaired) electrons. The van der Waals surface area contributed by atoms with Crippen molar-refractivity contribution in [3.8, 4) is 0 Å². The van der Waals surface area contributed by atoms with E-state index in [4.69, 9.17) is 0 Å². The van der Waals surface area contributed by atoms with Crippen LogP contribution in [0, 0.1) is 6.92 Å². The van der Waals surface area contributed by atoms with Gasteiger partial charge in [-0.05, 0) is 43.4 Å². The van der Waals surface area contributed by atoms with Crippen molar-refractivity contribution >= 4 is 5.78 Å². The van der Waals surface area contributed by atoms with Gasteiger partial charge in [0.2, 0.25) is 0 Å². The molecule has 2 aromatic rings. The second-order valence-corrected chi connectivity index (χ2v) is 5.69. The predicted molar refractivity (Wildman–Crippen MR) is 78.8 cm³/mol. The lowest BCUT2D eigenvalue weighted by molar-refractivity contribution is -0.120. The number of hydrogen-bond acceptors (Lipinski definition) is 2. The van der Waals surface area contributed by atoms with Crippen molar-refractivity contribution < 1.29 is 4.79 Å². The average Bonchev–Trinajstić information content (AvgIpc) is 2.76. The van der Waals surface area contributed by atoms with Crippen LogP contribution in [-0.4, -0.2) is 15.6 Å². The number of Topliss-reactive ketones (excluding diaryl/α,β-unsaturated/α-hetero) is 1. The Morgan fingerprint density at radius 2 is 2.20 bits per heavy atom. The summed E-state index contributed by atoms with van der Waals surface area (Å²) in [5.74, 6) is 0.385. The molecule has 0 spiro atoms. The highest BCUT2D eigenvalue weighted by Crippen LogP contribution is 2.32. The Labute approximate surface area is 119 Å². The summed E-state index contributed by atoms with van der Waals surface area (Å²) >= 11 is 0. The molecule has 0 aliphatic heterocycles. The molecule has 1 aromatic carbocycles. The summed E-state index contributed by atoms with van der Waals surface area (Å²) in [5.41, 5.74) is 4.57. The standard InChI is InChI=1S/C17H20N2O/c1-12-10-14(19(2)18-12)11-17(20)16-9-5-7-13-6-3-4-8-15(13)16/h3-4,6,8,10,16H,5,7,9,11H2,1-2H3. The third-order valence-corrected chi connectivity index (χ3v) is 4.21. The third-order valence-electron chi connectivity index (χ3n) is 4.21. The van der Waals surface area contributed by atoms with Crippen LogP contribution >= 0.6 is 0 Å². The van der Waals surface area contributed by atoms with Gasteiger partial charge >= 0.3 is 0 Å². The van der Waals surface area contributed by atoms with Crippen molar-refractivity contribution in [2.45, 2.75) is 38.5 Å². The van der Waals surface area contributed by atoms with Gasteiger partial charge in [-0.1, -0.05) is 24.3 Å². The fourth-order valence-electron chi connectivity index (χ4n) is 3.22. The van der Waals surface area contributed by atoms with Gasteiger partial charge in [-0.2, -0.15) is 5.10 Å². The van der Waals surface area contributed by atoms with Crippen molar-refractivity contribution in [2.75, 3.05) is 0 Å². The Hall–Kier alpha value is -1.90. The summed E-state index contributed by atoms with van der Waals surface area (Å²) in [6.07, 6.45) is 3.67. The fourth-order valence-corrected chi connectivity index (χ4v) is 3.22. The molecule has 0 saturated heterocycles. The number of carbonyl (C=O) groups is 1. The van der Waals surface area contributed by atoms with Gasteiger partial charge in [0.15, 0.2) is 0 Å². The highest BCUT2D eigenvalue weighted by Gasteiger charge is 2.26. The Bertz CT molecular complexity index is 642. The van der Waals surface area contributed by atoms with E-state index >= 15 is 0 Å². The first-order chi connectivity index (χ1) is 9.65. The summed E-state index contributed by atoms with van der Waals surface area (Å²) in [4.78, 5) is 12.7. The zero-order chi connectivity index (χ0) is 14.1. The molecule has 0 fully saturated rings. The molecule has 0 N–H and O–H groups in total. The molecular formula is C17H20N2O. The van der Waals surface area contributed by atoms with Crippen molar-refractivity contribution in [1.82, 2.24) is 9.78 Å². The first kappa shape index (κ1) is 13.1. The van der Waals surface area contributed by atoms with Crippen LogP contribution in [0.15, 0.2) is 30.3 Å². The van der Waals surface area contributed by atoms with Gasteiger partial charge in [-0.3, -0.25) is 9.48 Å². The molecule has 20 heavy (non-hydrogen) atoms. The summed E-state index contributed by atoms with van der Waals surface area (Å²) in [6.45, 7) is 1.96. The molecule has 0 saturated carbocycles. The van der Waals surface area contributed by atoms with E-state index in [0.29, 0.717) is 12.2 Å². The minimum atomic E-state index is 0.0650. The molecule has 1 aliphatic carbocycles. The van der Waals surface area contributed by atoms with Gasteiger partial charge in [0.05, 0.1) is 5.69 Å². The lowest BCUT2D eigenvalue weighted by Crippen LogP contribution is -2.21. The monoisotopic (exact) mass is 268 g/mol. The van der Waals surface area contributed by atoms with E-state index in [1.165, 1.54) is 11.1 Å². The second kappa shape index (κ2) is 5.23. The van der Waals surface area contributed by atoms with Gasteiger partial charge in [-0.15, -0.1) is 0 Å². The maximum atomic E-state index is 12.7. The second-order valence-electron chi connectivity index (χ2n) is 5.69. The molecule has 1 aromatic heterocycles. The lowest BCUT2D eigenvalue weighted by atomic mass is 9.79. The van der Waals surface area contributed by atoms with Crippen LogP contribution in [0.1, 0.15) is 41.3 Å². The molecule has 1 aliphatic rings. The summed E-state index contributed by atoms with van der Waals surface area (Å²) in [5, 5.41) is 4.32. The van der Waals surface area contributed by atoms with Gasteiger partial charge < -0.3 is 0 Å². The van der Waals surface area contributed by atoms with Gasteiger partial charge in [0.1, 0.15) is 5.78 Å². The van der Waals surface area contributed by atoms with Crippen molar-refractivity contribution in [2.24, 2.45) is 7.05 Å². The van der Waals surface area contributed by atoms with E-state index in [-0.39, 0.29) is 5.92 Å². The van der Waals surface area contributed by atoms with E-state index < -0.39 is 0 Å². The van der Waals surface area contributed by atoms with E-state index in [1.54, 1.807) is 0 Å². The van der Waals surface area contributed by atoms with Crippen LogP contribution in [0.25, 0.3) is 0 Å². The summed E-state index contributed by atoms with van der Waals surface area (Å²) in [6, 6.07) is 10.4. The Kier molecular flexibility index (Phi) is 3.43. The third kappa shape index (κ3) is 2.40. The minimum absolute atomic E-state index is 0.0650. The van der Waals surface area contributed by atoms with Crippen LogP contribution < -0.4 is 0 Å². The SMILES string of the molecule is Cc1cc(CC(=O)C2CCCc3ccccc32)n(C)n1. The van der Waals surface area contributed by atoms with Gasteiger partial charge in [0.25, 0.3) is 0 Å². The summed E-state index contributed by atoms with van der Waals surface area (Å²) < 4.78 is 1.82. The number of benzene rings is 1. The predicted octanol–water partition coefficient (Wildman–Crippen LogP) is 2.96. The van der Waals surface area contributed by atoms with Crippen LogP contribution in [0.3, 0.4) is 0 Å². The molecule has 1 atom stereocenters. The molecule has 3 heteroatoms. The smallest absolute Gasteiger partial charge is 0.146 e. The van der Waals surface area contributed by atoms with E-state index in [1.807, 2.05) is 30.8 Å². The average molecular weight is 268 g/mol. The molecule has 1 unspecified atom stereocenters. The number of hydrogen-bond donors (Lipinski definition) is 0. The van der Waals surface area contributed by atoms with Crippen LogP contribution in [0.2, 0.25) is 0 Å². The highest BCUT2D eigenvalue weighted by atomic mass is 16.1. The first-order valence-electron chi connectivity index (χ1n) is 7.25. The molecule has 0 bridgehead atoms. The zero-order valence-corrected chi connectivity index (χ0v) is 12.1. The Balaban J connectivity index is 1.83.